The van der Waals surface area contributed by atoms with Crippen LogP contribution in [-0.2, 0) is 11.3 Å². The number of halogens is 1. The second kappa shape index (κ2) is 12.8. The number of hydrogen-bond acceptors (Lipinski definition) is 3. The van der Waals surface area contributed by atoms with Crippen molar-refractivity contribution in [3.05, 3.63) is 52.2 Å². The molecule has 28 heavy (non-hydrogen) atoms. The molecule has 0 saturated heterocycles. The molecule has 0 aliphatic carbocycles. The maximum absolute atomic E-state index is 11.9. The minimum Gasteiger partial charge on any atom is -0.356 e. The molecule has 1 amide bonds. The normalized spacial score (nSPS) is 12.2. The number of benzene rings is 1. The smallest absolute Gasteiger partial charge is 0.224 e. The van der Waals surface area contributed by atoms with Crippen molar-refractivity contribution in [1.29, 1.82) is 0 Å². The molecule has 5 nitrogen and oxygen atoms in total. The van der Waals surface area contributed by atoms with Crippen LogP contribution in [0.1, 0.15) is 43.6 Å². The van der Waals surface area contributed by atoms with Gasteiger partial charge in [-0.05, 0) is 35.1 Å². The van der Waals surface area contributed by atoms with E-state index in [1.807, 2.05) is 38.1 Å². The molecule has 1 aromatic carbocycles. The second-order valence-electron chi connectivity index (χ2n) is 7.07. The van der Waals surface area contributed by atoms with Crippen molar-refractivity contribution in [1.82, 2.24) is 10.6 Å². The maximum Gasteiger partial charge on any atom is 0.224 e. The largest absolute Gasteiger partial charge is 0.356 e. The number of carbonyl (C=O) groups is 1. The molecule has 1 atom stereocenters. The monoisotopic (exact) mass is 514 g/mol. The molecule has 0 spiro atoms. The zero-order chi connectivity index (χ0) is 19.6. The topological polar surface area (TPSA) is 65.5 Å². The molecule has 154 valence electrons. The Bertz CT molecular complexity index is 747. The first-order valence-corrected chi connectivity index (χ1v) is 10.2. The number of carbonyl (C=O) groups excluding carboxylic acids is 1. The number of rotatable bonds is 8. The molecule has 0 aliphatic heterocycles. The standard InChI is InChI=1S/C21H30N4OS.HI/c1-15(2)11-20(26)25-18-8-5-7-17(12-18)14-24-21(22-4)23-13-16(3)19-9-6-10-27-19;/h5-10,12,15-16H,11,13-14H2,1-4H3,(H,25,26)(H2,22,23,24);1H. The van der Waals surface area contributed by atoms with Crippen molar-refractivity contribution < 1.29 is 4.79 Å². The van der Waals surface area contributed by atoms with Crippen molar-refractivity contribution in [2.24, 2.45) is 10.9 Å². The summed E-state index contributed by atoms with van der Waals surface area (Å²) < 4.78 is 0. The van der Waals surface area contributed by atoms with E-state index in [1.165, 1.54) is 4.88 Å². The summed E-state index contributed by atoms with van der Waals surface area (Å²) in [5.74, 6) is 1.60. The number of anilines is 1. The van der Waals surface area contributed by atoms with Gasteiger partial charge >= 0.3 is 0 Å². The first-order valence-electron chi connectivity index (χ1n) is 9.34. The maximum atomic E-state index is 11.9. The highest BCUT2D eigenvalue weighted by atomic mass is 127. The van der Waals surface area contributed by atoms with Crippen LogP contribution in [0, 0.1) is 5.92 Å². The number of nitrogens with zero attached hydrogens (tertiary/aromatic N) is 1. The van der Waals surface area contributed by atoms with Gasteiger partial charge in [-0.15, -0.1) is 35.3 Å². The molecule has 0 fully saturated rings. The minimum atomic E-state index is 0. The lowest BCUT2D eigenvalue weighted by Crippen LogP contribution is -2.38. The van der Waals surface area contributed by atoms with Gasteiger partial charge in [0.05, 0.1) is 0 Å². The third-order valence-electron chi connectivity index (χ3n) is 4.09. The summed E-state index contributed by atoms with van der Waals surface area (Å²) in [6.07, 6.45) is 0.529. The van der Waals surface area contributed by atoms with Gasteiger partial charge in [-0.25, -0.2) is 0 Å². The van der Waals surface area contributed by atoms with Crippen LogP contribution in [0.5, 0.6) is 0 Å². The van der Waals surface area contributed by atoms with Gasteiger partial charge < -0.3 is 16.0 Å². The lowest BCUT2D eigenvalue weighted by atomic mass is 10.1. The van der Waals surface area contributed by atoms with Crippen molar-refractivity contribution in [3.63, 3.8) is 0 Å². The highest BCUT2D eigenvalue weighted by molar-refractivity contribution is 14.0. The summed E-state index contributed by atoms with van der Waals surface area (Å²) in [6.45, 7) is 7.75. The number of hydrogen-bond donors (Lipinski definition) is 3. The molecule has 3 N–H and O–H groups in total. The average Bonchev–Trinajstić information content (AvgIpc) is 3.16. The van der Waals surface area contributed by atoms with Crippen LogP contribution in [0.3, 0.4) is 0 Å². The van der Waals surface area contributed by atoms with E-state index in [4.69, 9.17) is 0 Å². The van der Waals surface area contributed by atoms with Crippen LogP contribution in [-0.4, -0.2) is 25.5 Å². The van der Waals surface area contributed by atoms with E-state index in [9.17, 15) is 4.79 Å². The van der Waals surface area contributed by atoms with E-state index in [1.54, 1.807) is 18.4 Å². The number of guanidine groups is 1. The highest BCUT2D eigenvalue weighted by Gasteiger charge is 2.08. The zero-order valence-electron chi connectivity index (χ0n) is 17.0. The third-order valence-corrected chi connectivity index (χ3v) is 5.20. The fourth-order valence-corrected chi connectivity index (χ4v) is 3.46. The van der Waals surface area contributed by atoms with Crippen LogP contribution < -0.4 is 16.0 Å². The van der Waals surface area contributed by atoms with E-state index < -0.39 is 0 Å². The summed E-state index contributed by atoms with van der Waals surface area (Å²) in [4.78, 5) is 17.6. The molecule has 1 heterocycles. The number of aliphatic imine (C=N–C) groups is 1. The van der Waals surface area contributed by atoms with E-state index in [0.717, 1.165) is 23.8 Å². The van der Waals surface area contributed by atoms with E-state index >= 15 is 0 Å². The summed E-state index contributed by atoms with van der Waals surface area (Å²) in [5, 5.41) is 11.8. The van der Waals surface area contributed by atoms with Crippen LogP contribution in [0.25, 0.3) is 0 Å². The Morgan fingerprint density at radius 3 is 2.57 bits per heavy atom. The van der Waals surface area contributed by atoms with Gasteiger partial charge in [0, 0.05) is 43.0 Å². The molecule has 2 aromatic rings. The summed E-state index contributed by atoms with van der Waals surface area (Å²) in [5.41, 5.74) is 1.92. The fourth-order valence-electron chi connectivity index (χ4n) is 2.67. The summed E-state index contributed by atoms with van der Waals surface area (Å²) in [7, 11) is 1.77. The lowest BCUT2D eigenvalue weighted by molar-refractivity contribution is -0.116. The van der Waals surface area contributed by atoms with E-state index in [-0.39, 0.29) is 29.9 Å². The molecular formula is C21H31IN4OS. The second-order valence-corrected chi connectivity index (χ2v) is 8.05. The van der Waals surface area contributed by atoms with Crippen LogP contribution in [0.4, 0.5) is 5.69 Å². The van der Waals surface area contributed by atoms with Crippen molar-refractivity contribution in [2.45, 2.75) is 39.7 Å². The Morgan fingerprint density at radius 1 is 1.14 bits per heavy atom. The SMILES string of the molecule is CN=C(NCc1cccc(NC(=O)CC(C)C)c1)NCC(C)c1cccs1.I. The predicted molar refractivity (Wildman–Crippen MR) is 131 cm³/mol. The van der Waals surface area contributed by atoms with Crippen LogP contribution in [0.15, 0.2) is 46.8 Å². The molecule has 7 heteroatoms. The van der Waals surface area contributed by atoms with Gasteiger partial charge in [0.1, 0.15) is 0 Å². The molecule has 1 unspecified atom stereocenters. The first kappa shape index (κ1) is 24.4. The fraction of sp³-hybridized carbons (Fsp3) is 0.429. The average molecular weight is 514 g/mol. The molecule has 0 bridgehead atoms. The Morgan fingerprint density at radius 2 is 1.93 bits per heavy atom. The molecule has 0 aliphatic rings. The van der Waals surface area contributed by atoms with Gasteiger partial charge in [-0.1, -0.05) is 39.0 Å². The van der Waals surface area contributed by atoms with Gasteiger partial charge in [0.25, 0.3) is 0 Å². The van der Waals surface area contributed by atoms with Gasteiger partial charge in [0.15, 0.2) is 5.96 Å². The summed E-state index contributed by atoms with van der Waals surface area (Å²) >= 11 is 1.78. The molecular weight excluding hydrogens is 483 g/mol. The third kappa shape index (κ3) is 8.60. The minimum absolute atomic E-state index is 0. The first-order chi connectivity index (χ1) is 13.0. The van der Waals surface area contributed by atoms with Crippen molar-refractivity contribution >= 4 is 52.9 Å². The predicted octanol–water partition coefficient (Wildman–Crippen LogP) is 4.82. The Hall–Kier alpha value is -1.61. The van der Waals surface area contributed by atoms with Gasteiger partial charge in [-0.2, -0.15) is 0 Å². The van der Waals surface area contributed by atoms with Gasteiger partial charge in [-0.3, -0.25) is 9.79 Å². The molecule has 0 saturated carbocycles. The number of thiophene rings is 1. The van der Waals surface area contributed by atoms with Crippen LogP contribution in [0.2, 0.25) is 0 Å². The van der Waals surface area contributed by atoms with E-state index in [2.05, 4.69) is 45.4 Å². The van der Waals surface area contributed by atoms with E-state index in [0.29, 0.717) is 24.8 Å². The van der Waals surface area contributed by atoms with Crippen molar-refractivity contribution in [2.75, 3.05) is 18.9 Å². The Labute approximate surface area is 189 Å². The lowest BCUT2D eigenvalue weighted by Gasteiger charge is -2.15. The number of nitrogens with one attached hydrogen (secondary N) is 3. The molecule has 0 radical (unpaired) electrons. The molecule has 2 rings (SSSR count). The number of amides is 1. The quantitative estimate of drug-likeness (QED) is 0.269. The Kier molecular flexibility index (Phi) is 11.1. The highest BCUT2D eigenvalue weighted by Crippen LogP contribution is 2.19. The molecule has 1 aromatic heterocycles. The Balaban J connectivity index is 0.00000392. The zero-order valence-corrected chi connectivity index (χ0v) is 20.1. The van der Waals surface area contributed by atoms with Crippen molar-refractivity contribution in [3.8, 4) is 0 Å². The van der Waals surface area contributed by atoms with Crippen LogP contribution >= 0.6 is 35.3 Å². The van der Waals surface area contributed by atoms with Gasteiger partial charge in [0.2, 0.25) is 5.91 Å². The summed E-state index contributed by atoms with van der Waals surface area (Å²) in [6, 6.07) is 12.1.